The molecule has 96 valence electrons. The average Bonchev–Trinajstić information content (AvgIpc) is 2.90. The molecule has 1 aliphatic rings. The highest BCUT2D eigenvalue weighted by atomic mass is 32.1. The van der Waals surface area contributed by atoms with Crippen LogP contribution in [0.25, 0.3) is 0 Å². The fourth-order valence-corrected chi connectivity index (χ4v) is 3.07. The Kier molecular flexibility index (Phi) is 4.76. The monoisotopic (exact) mass is 256 g/mol. The summed E-state index contributed by atoms with van der Waals surface area (Å²) in [6.45, 7) is 1.23. The van der Waals surface area contributed by atoms with Crippen LogP contribution in [0.15, 0.2) is 10.2 Å². The first-order chi connectivity index (χ1) is 8.24. The van der Waals surface area contributed by atoms with Gasteiger partial charge in [0.2, 0.25) is 0 Å². The number of aliphatic hydroxyl groups excluding tert-OH is 1. The molecular formula is C12H20N2O2S. The highest BCUT2D eigenvalue weighted by molar-refractivity contribution is 7.07. The third-order valence-electron chi connectivity index (χ3n) is 3.35. The van der Waals surface area contributed by atoms with Crippen LogP contribution in [0.4, 0.5) is 0 Å². The molecule has 1 fully saturated rings. The smallest absolute Gasteiger partial charge is 0.304 e. The first-order valence-electron chi connectivity index (χ1n) is 6.29. The Morgan fingerprint density at radius 3 is 2.94 bits per heavy atom. The zero-order valence-electron chi connectivity index (χ0n) is 9.95. The number of aromatic amines is 1. The molecule has 0 amide bonds. The van der Waals surface area contributed by atoms with Gasteiger partial charge >= 0.3 is 4.87 Å². The number of thiazole rings is 1. The van der Waals surface area contributed by atoms with Crippen molar-refractivity contribution in [3.05, 3.63) is 20.7 Å². The van der Waals surface area contributed by atoms with Crippen LogP contribution in [0.2, 0.25) is 0 Å². The van der Waals surface area contributed by atoms with E-state index in [0.29, 0.717) is 19.0 Å². The summed E-state index contributed by atoms with van der Waals surface area (Å²) in [4.78, 5) is 13.6. The zero-order chi connectivity index (χ0) is 12.1. The minimum Gasteiger partial charge on any atom is -0.392 e. The van der Waals surface area contributed by atoms with Gasteiger partial charge in [-0.2, -0.15) is 0 Å². The van der Waals surface area contributed by atoms with Gasteiger partial charge in [-0.25, -0.2) is 0 Å². The van der Waals surface area contributed by atoms with Crippen LogP contribution >= 0.6 is 11.3 Å². The quantitative estimate of drug-likeness (QED) is 0.722. The Morgan fingerprint density at radius 1 is 1.53 bits per heavy atom. The molecule has 2 rings (SSSR count). The Balaban J connectivity index is 1.62. The molecule has 0 bridgehead atoms. The van der Waals surface area contributed by atoms with Crippen LogP contribution in [0.3, 0.4) is 0 Å². The van der Waals surface area contributed by atoms with Crippen molar-refractivity contribution in [2.24, 2.45) is 5.92 Å². The maximum Gasteiger partial charge on any atom is 0.304 e. The SMILES string of the molecule is O=c1[nH]c(CNCC(O)CC2CCCC2)cs1. The second-order valence-corrected chi connectivity index (χ2v) is 5.69. The first-order valence-corrected chi connectivity index (χ1v) is 7.17. The van der Waals surface area contributed by atoms with Gasteiger partial charge in [0, 0.05) is 24.2 Å². The molecule has 0 aliphatic heterocycles. The number of rotatable bonds is 6. The second-order valence-electron chi connectivity index (χ2n) is 4.84. The molecule has 1 heterocycles. The standard InChI is InChI=1S/C12H20N2O2S/c15-11(5-9-3-1-2-4-9)7-13-6-10-8-17-12(16)14-10/h8-9,11,13,15H,1-7H2,(H,14,16). The van der Waals surface area contributed by atoms with E-state index < -0.39 is 0 Å². The van der Waals surface area contributed by atoms with Crippen LogP contribution in [-0.4, -0.2) is 22.7 Å². The van der Waals surface area contributed by atoms with Gasteiger partial charge in [-0.1, -0.05) is 37.0 Å². The van der Waals surface area contributed by atoms with E-state index in [0.717, 1.165) is 12.1 Å². The van der Waals surface area contributed by atoms with E-state index in [4.69, 9.17) is 0 Å². The molecule has 17 heavy (non-hydrogen) atoms. The van der Waals surface area contributed by atoms with Crippen molar-refractivity contribution in [3.63, 3.8) is 0 Å². The summed E-state index contributed by atoms with van der Waals surface area (Å²) in [5.74, 6) is 0.716. The summed E-state index contributed by atoms with van der Waals surface area (Å²) in [5, 5.41) is 14.9. The highest BCUT2D eigenvalue weighted by Gasteiger charge is 2.18. The van der Waals surface area contributed by atoms with Crippen molar-refractivity contribution >= 4 is 11.3 Å². The van der Waals surface area contributed by atoms with E-state index in [9.17, 15) is 9.90 Å². The molecule has 4 nitrogen and oxygen atoms in total. The number of aliphatic hydroxyl groups is 1. The van der Waals surface area contributed by atoms with Gasteiger partial charge in [-0.15, -0.1) is 0 Å². The molecule has 1 saturated carbocycles. The lowest BCUT2D eigenvalue weighted by molar-refractivity contribution is 0.140. The number of nitrogens with one attached hydrogen (secondary N) is 2. The topological polar surface area (TPSA) is 65.1 Å². The predicted octanol–water partition coefficient (Wildman–Crippen LogP) is 1.47. The molecule has 3 N–H and O–H groups in total. The van der Waals surface area contributed by atoms with Crippen LogP contribution < -0.4 is 10.2 Å². The van der Waals surface area contributed by atoms with Gasteiger partial charge in [0.15, 0.2) is 0 Å². The lowest BCUT2D eigenvalue weighted by Gasteiger charge is -2.15. The van der Waals surface area contributed by atoms with E-state index in [1.807, 2.05) is 5.38 Å². The Hall–Kier alpha value is -0.650. The summed E-state index contributed by atoms with van der Waals surface area (Å²) in [6, 6.07) is 0. The van der Waals surface area contributed by atoms with Gasteiger partial charge in [-0.05, 0) is 12.3 Å². The van der Waals surface area contributed by atoms with E-state index >= 15 is 0 Å². The van der Waals surface area contributed by atoms with E-state index in [-0.39, 0.29) is 11.0 Å². The summed E-state index contributed by atoms with van der Waals surface area (Å²) in [5.41, 5.74) is 0.896. The fourth-order valence-electron chi connectivity index (χ4n) is 2.49. The highest BCUT2D eigenvalue weighted by Crippen LogP contribution is 2.28. The third kappa shape index (κ3) is 4.26. The fraction of sp³-hybridized carbons (Fsp3) is 0.750. The molecular weight excluding hydrogens is 236 g/mol. The van der Waals surface area contributed by atoms with Gasteiger partial charge in [0.1, 0.15) is 0 Å². The molecule has 1 unspecified atom stereocenters. The zero-order valence-corrected chi connectivity index (χ0v) is 10.8. The largest absolute Gasteiger partial charge is 0.392 e. The van der Waals surface area contributed by atoms with Crippen molar-refractivity contribution in [2.75, 3.05) is 6.54 Å². The third-order valence-corrected chi connectivity index (χ3v) is 4.06. The molecule has 1 aliphatic carbocycles. The molecule has 0 radical (unpaired) electrons. The molecule has 0 saturated heterocycles. The Labute approximate surface area is 105 Å². The maximum atomic E-state index is 10.9. The molecule has 0 aromatic carbocycles. The normalized spacial score (nSPS) is 18.6. The summed E-state index contributed by atoms with van der Waals surface area (Å²) < 4.78 is 0. The van der Waals surface area contributed by atoms with Crippen molar-refractivity contribution < 1.29 is 5.11 Å². The molecule has 5 heteroatoms. The predicted molar refractivity (Wildman–Crippen MR) is 69.2 cm³/mol. The number of H-pyrrole nitrogens is 1. The Bertz CT molecular complexity index is 382. The molecule has 0 spiro atoms. The molecule has 1 atom stereocenters. The van der Waals surface area contributed by atoms with E-state index in [1.165, 1.54) is 37.0 Å². The van der Waals surface area contributed by atoms with Gasteiger partial charge < -0.3 is 15.4 Å². The molecule has 1 aromatic heterocycles. The lowest BCUT2D eigenvalue weighted by Crippen LogP contribution is -2.28. The van der Waals surface area contributed by atoms with Gasteiger partial charge in [0.25, 0.3) is 0 Å². The minimum absolute atomic E-state index is 0.0201. The van der Waals surface area contributed by atoms with Crippen molar-refractivity contribution in [3.8, 4) is 0 Å². The summed E-state index contributed by atoms with van der Waals surface area (Å²) in [6.07, 6.45) is 5.84. The van der Waals surface area contributed by atoms with E-state index in [1.54, 1.807) is 0 Å². The molecule has 1 aromatic rings. The number of aromatic nitrogens is 1. The van der Waals surface area contributed by atoms with Gasteiger partial charge in [-0.3, -0.25) is 4.79 Å². The second kappa shape index (κ2) is 6.33. The van der Waals surface area contributed by atoms with Crippen LogP contribution in [0, 0.1) is 5.92 Å². The van der Waals surface area contributed by atoms with Crippen molar-refractivity contribution in [1.29, 1.82) is 0 Å². The lowest BCUT2D eigenvalue weighted by atomic mass is 10.0. The van der Waals surface area contributed by atoms with Crippen molar-refractivity contribution in [1.82, 2.24) is 10.3 Å². The van der Waals surface area contributed by atoms with Crippen molar-refractivity contribution in [2.45, 2.75) is 44.8 Å². The average molecular weight is 256 g/mol. The van der Waals surface area contributed by atoms with Crippen LogP contribution in [-0.2, 0) is 6.54 Å². The van der Waals surface area contributed by atoms with Crippen LogP contribution in [0.5, 0.6) is 0 Å². The maximum absolute atomic E-state index is 10.9. The summed E-state index contributed by atoms with van der Waals surface area (Å²) >= 11 is 1.18. The number of hydrogen-bond donors (Lipinski definition) is 3. The minimum atomic E-state index is -0.261. The van der Waals surface area contributed by atoms with Gasteiger partial charge in [0.05, 0.1) is 6.10 Å². The number of hydrogen-bond acceptors (Lipinski definition) is 4. The first kappa shape index (κ1) is 12.8. The van der Waals surface area contributed by atoms with Crippen LogP contribution in [0.1, 0.15) is 37.8 Å². The van der Waals surface area contributed by atoms with E-state index in [2.05, 4.69) is 10.3 Å². The Morgan fingerprint density at radius 2 is 2.29 bits per heavy atom. The summed E-state index contributed by atoms with van der Waals surface area (Å²) in [7, 11) is 0.